The van der Waals surface area contributed by atoms with Crippen LogP contribution in [0.5, 0.6) is 0 Å². The van der Waals surface area contributed by atoms with Crippen LogP contribution < -0.4 is 0 Å². The average Bonchev–Trinajstić information content (AvgIpc) is 2.03. The standard InChI is InChI=1S/C10H19N/c1-2-9-6-10-4-3-5-11(7-9)8-10/h9-10H,2-8H2,1H3. The van der Waals surface area contributed by atoms with E-state index in [9.17, 15) is 0 Å². The normalized spacial score (nSPS) is 43.9. The van der Waals surface area contributed by atoms with Crippen LogP contribution in [-0.4, -0.2) is 24.5 Å². The van der Waals surface area contributed by atoms with Crippen LogP contribution >= 0.6 is 0 Å². The van der Waals surface area contributed by atoms with Gasteiger partial charge < -0.3 is 4.90 Å². The lowest BCUT2D eigenvalue weighted by Gasteiger charge is -2.41. The van der Waals surface area contributed by atoms with Crippen LogP contribution in [0.4, 0.5) is 0 Å². The first-order valence-electron chi connectivity index (χ1n) is 5.11. The minimum absolute atomic E-state index is 1.02. The summed E-state index contributed by atoms with van der Waals surface area (Å²) in [4.78, 5) is 2.67. The van der Waals surface area contributed by atoms with Crippen molar-refractivity contribution >= 4 is 0 Å². The second kappa shape index (κ2) is 3.14. The van der Waals surface area contributed by atoms with Gasteiger partial charge in [-0.05, 0) is 37.6 Å². The fourth-order valence-corrected chi connectivity index (χ4v) is 2.72. The second-order valence-electron chi connectivity index (χ2n) is 4.28. The van der Waals surface area contributed by atoms with Crippen molar-refractivity contribution in [2.45, 2.75) is 32.6 Å². The maximum atomic E-state index is 2.67. The minimum Gasteiger partial charge on any atom is -0.303 e. The molecule has 1 nitrogen and oxygen atoms in total. The summed E-state index contributed by atoms with van der Waals surface area (Å²) < 4.78 is 0. The van der Waals surface area contributed by atoms with Gasteiger partial charge in [-0.1, -0.05) is 13.3 Å². The summed E-state index contributed by atoms with van der Waals surface area (Å²) in [5.41, 5.74) is 0. The lowest BCUT2D eigenvalue weighted by atomic mass is 9.82. The molecule has 3 atom stereocenters. The van der Waals surface area contributed by atoms with E-state index in [-0.39, 0.29) is 0 Å². The van der Waals surface area contributed by atoms with Gasteiger partial charge in [0.05, 0.1) is 0 Å². The zero-order chi connectivity index (χ0) is 7.68. The van der Waals surface area contributed by atoms with Gasteiger partial charge in [0.2, 0.25) is 0 Å². The Morgan fingerprint density at radius 2 is 2.27 bits per heavy atom. The van der Waals surface area contributed by atoms with Crippen molar-refractivity contribution < 1.29 is 0 Å². The molecule has 1 heteroatoms. The van der Waals surface area contributed by atoms with Crippen LogP contribution in [0.25, 0.3) is 0 Å². The summed E-state index contributed by atoms with van der Waals surface area (Å²) in [6.45, 7) is 6.53. The van der Waals surface area contributed by atoms with E-state index >= 15 is 0 Å². The molecule has 0 spiro atoms. The smallest absolute Gasteiger partial charge is 0.000989 e. The Labute approximate surface area is 69.8 Å². The van der Waals surface area contributed by atoms with Crippen molar-refractivity contribution in [3.8, 4) is 0 Å². The summed E-state index contributed by atoms with van der Waals surface area (Å²) in [6.07, 6.45) is 5.88. The minimum atomic E-state index is 1.02. The van der Waals surface area contributed by atoms with E-state index in [1.165, 1.54) is 45.3 Å². The largest absolute Gasteiger partial charge is 0.303 e. The molecule has 2 aliphatic heterocycles. The number of rotatable bonds is 1. The molecule has 2 saturated heterocycles. The van der Waals surface area contributed by atoms with Crippen LogP contribution in [0, 0.1) is 11.8 Å². The highest BCUT2D eigenvalue weighted by atomic mass is 15.1. The first-order chi connectivity index (χ1) is 5.38. The van der Waals surface area contributed by atoms with Gasteiger partial charge in [-0.25, -0.2) is 0 Å². The third kappa shape index (κ3) is 1.58. The molecule has 0 radical (unpaired) electrons. The van der Waals surface area contributed by atoms with Crippen molar-refractivity contribution in [1.82, 2.24) is 4.90 Å². The fraction of sp³-hybridized carbons (Fsp3) is 1.00. The van der Waals surface area contributed by atoms with Crippen LogP contribution in [0.2, 0.25) is 0 Å². The molecular weight excluding hydrogens is 134 g/mol. The van der Waals surface area contributed by atoms with Gasteiger partial charge in [0.25, 0.3) is 0 Å². The summed E-state index contributed by atoms with van der Waals surface area (Å²) in [7, 11) is 0. The highest BCUT2D eigenvalue weighted by Gasteiger charge is 2.28. The van der Waals surface area contributed by atoms with Gasteiger partial charge in [-0.2, -0.15) is 0 Å². The number of piperidine rings is 2. The Hall–Kier alpha value is -0.0400. The number of nitrogens with zero attached hydrogens (tertiary/aromatic N) is 1. The second-order valence-corrected chi connectivity index (χ2v) is 4.28. The molecule has 0 aromatic heterocycles. The van der Waals surface area contributed by atoms with E-state index in [0.717, 1.165) is 11.8 Å². The van der Waals surface area contributed by atoms with E-state index < -0.39 is 0 Å². The molecule has 2 rings (SSSR count). The van der Waals surface area contributed by atoms with E-state index in [2.05, 4.69) is 11.8 Å². The number of hydrogen-bond donors (Lipinski definition) is 0. The van der Waals surface area contributed by atoms with E-state index in [1.807, 2.05) is 0 Å². The monoisotopic (exact) mass is 153 g/mol. The Morgan fingerprint density at radius 1 is 1.36 bits per heavy atom. The number of fused-ring (bicyclic) bond motifs is 2. The van der Waals surface area contributed by atoms with E-state index in [0.29, 0.717) is 0 Å². The molecule has 0 N–H and O–H groups in total. The van der Waals surface area contributed by atoms with Crippen LogP contribution in [0.3, 0.4) is 0 Å². The molecule has 0 aromatic rings. The molecule has 64 valence electrons. The lowest BCUT2D eigenvalue weighted by molar-refractivity contribution is 0.0808. The zero-order valence-electron chi connectivity index (χ0n) is 7.55. The third-order valence-electron chi connectivity index (χ3n) is 3.36. The lowest BCUT2D eigenvalue weighted by Crippen LogP contribution is -2.44. The van der Waals surface area contributed by atoms with Gasteiger partial charge in [0, 0.05) is 13.1 Å². The molecule has 0 aromatic carbocycles. The topological polar surface area (TPSA) is 3.24 Å². The summed E-state index contributed by atoms with van der Waals surface area (Å²) in [5.74, 6) is 2.08. The third-order valence-corrected chi connectivity index (χ3v) is 3.36. The Morgan fingerprint density at radius 3 is 3.00 bits per heavy atom. The summed E-state index contributed by atoms with van der Waals surface area (Å²) in [6, 6.07) is 0. The molecule has 2 bridgehead atoms. The van der Waals surface area contributed by atoms with Gasteiger partial charge in [-0.3, -0.25) is 0 Å². The molecule has 11 heavy (non-hydrogen) atoms. The SMILES string of the molecule is CCC1CC2CCCN(C1)C2. The van der Waals surface area contributed by atoms with Crippen LogP contribution in [0.1, 0.15) is 32.6 Å². The van der Waals surface area contributed by atoms with Crippen molar-refractivity contribution in [3.05, 3.63) is 0 Å². The molecule has 2 aliphatic rings. The van der Waals surface area contributed by atoms with Crippen LogP contribution in [-0.2, 0) is 0 Å². The zero-order valence-corrected chi connectivity index (χ0v) is 7.55. The summed E-state index contributed by atoms with van der Waals surface area (Å²) in [5, 5.41) is 0. The van der Waals surface area contributed by atoms with E-state index in [1.54, 1.807) is 0 Å². The van der Waals surface area contributed by atoms with Crippen molar-refractivity contribution in [2.24, 2.45) is 11.8 Å². The van der Waals surface area contributed by atoms with Crippen molar-refractivity contribution in [2.75, 3.05) is 19.6 Å². The average molecular weight is 153 g/mol. The maximum absolute atomic E-state index is 2.67. The Balaban J connectivity index is 1.94. The highest BCUT2D eigenvalue weighted by molar-refractivity contribution is 4.82. The first-order valence-corrected chi connectivity index (χ1v) is 5.11. The molecular formula is C10H19N. The first kappa shape index (κ1) is 7.60. The molecule has 2 fully saturated rings. The van der Waals surface area contributed by atoms with Crippen molar-refractivity contribution in [1.29, 1.82) is 0 Å². The predicted octanol–water partition coefficient (Wildman–Crippen LogP) is 2.13. The van der Waals surface area contributed by atoms with Crippen molar-refractivity contribution in [3.63, 3.8) is 0 Å². The summed E-state index contributed by atoms with van der Waals surface area (Å²) >= 11 is 0. The molecule has 2 heterocycles. The van der Waals surface area contributed by atoms with Gasteiger partial charge >= 0.3 is 0 Å². The quantitative estimate of drug-likeness (QED) is 0.558. The van der Waals surface area contributed by atoms with Crippen LogP contribution in [0.15, 0.2) is 0 Å². The van der Waals surface area contributed by atoms with Gasteiger partial charge in [0.1, 0.15) is 0 Å². The number of hydrogen-bond acceptors (Lipinski definition) is 1. The molecule has 3 unspecified atom stereocenters. The highest BCUT2D eigenvalue weighted by Crippen LogP contribution is 2.30. The molecule has 0 saturated carbocycles. The molecule has 0 aliphatic carbocycles. The maximum Gasteiger partial charge on any atom is 0.000989 e. The van der Waals surface area contributed by atoms with Gasteiger partial charge in [-0.15, -0.1) is 0 Å². The fourth-order valence-electron chi connectivity index (χ4n) is 2.72. The molecule has 0 amide bonds. The predicted molar refractivity (Wildman–Crippen MR) is 47.6 cm³/mol. The Bertz CT molecular complexity index is 121. The Kier molecular flexibility index (Phi) is 2.17. The van der Waals surface area contributed by atoms with Gasteiger partial charge in [0.15, 0.2) is 0 Å². The van der Waals surface area contributed by atoms with E-state index in [4.69, 9.17) is 0 Å².